The summed E-state index contributed by atoms with van der Waals surface area (Å²) in [4.78, 5) is 20.3. The van der Waals surface area contributed by atoms with Crippen LogP contribution in [0, 0.1) is 13.8 Å². The third-order valence-electron chi connectivity index (χ3n) is 5.27. The van der Waals surface area contributed by atoms with Gasteiger partial charge >= 0.3 is 0 Å². The molecule has 0 atom stereocenters. The molecular formula is C25H22N2O3S. The normalized spacial score (nSPS) is 12.7. The smallest absolute Gasteiger partial charge is 0.260 e. The number of carbonyl (C=O) groups is 1. The van der Waals surface area contributed by atoms with Gasteiger partial charge in [-0.2, -0.15) is 0 Å². The second-order valence-corrected chi connectivity index (χ2v) is 8.67. The molecule has 31 heavy (non-hydrogen) atoms. The van der Waals surface area contributed by atoms with E-state index < -0.39 is 0 Å². The van der Waals surface area contributed by atoms with Crippen LogP contribution in [-0.4, -0.2) is 24.1 Å². The van der Waals surface area contributed by atoms with Gasteiger partial charge in [0, 0.05) is 5.56 Å². The number of rotatable bonds is 4. The molecular weight excluding hydrogens is 408 g/mol. The number of benzene rings is 3. The maximum Gasteiger partial charge on any atom is 0.260 e. The van der Waals surface area contributed by atoms with Gasteiger partial charge in [-0.05, 0) is 54.8 Å². The molecule has 0 N–H and O–H groups in total. The Morgan fingerprint density at radius 1 is 1.00 bits per heavy atom. The number of anilines is 1. The summed E-state index contributed by atoms with van der Waals surface area (Å²) in [7, 11) is 0. The van der Waals surface area contributed by atoms with E-state index >= 15 is 0 Å². The van der Waals surface area contributed by atoms with Crippen LogP contribution in [0.5, 0.6) is 11.5 Å². The second-order valence-electron chi connectivity index (χ2n) is 7.66. The number of ether oxygens (including phenoxy) is 2. The molecule has 0 saturated heterocycles. The van der Waals surface area contributed by atoms with Crippen molar-refractivity contribution in [3.63, 3.8) is 0 Å². The Labute approximate surface area is 184 Å². The highest BCUT2D eigenvalue weighted by molar-refractivity contribution is 7.22. The van der Waals surface area contributed by atoms with Crippen molar-refractivity contribution in [1.29, 1.82) is 0 Å². The molecule has 1 aliphatic heterocycles. The van der Waals surface area contributed by atoms with E-state index in [1.165, 1.54) is 5.56 Å². The lowest BCUT2D eigenvalue weighted by atomic mass is 10.1. The Bertz CT molecular complexity index is 1270. The van der Waals surface area contributed by atoms with Gasteiger partial charge in [-0.15, -0.1) is 0 Å². The molecule has 5 rings (SSSR count). The van der Waals surface area contributed by atoms with Crippen molar-refractivity contribution in [3.8, 4) is 11.5 Å². The molecule has 0 fully saturated rings. The molecule has 1 amide bonds. The third kappa shape index (κ3) is 3.86. The van der Waals surface area contributed by atoms with Gasteiger partial charge in [0.1, 0.15) is 13.2 Å². The fraction of sp³-hybridized carbons (Fsp3) is 0.200. The van der Waals surface area contributed by atoms with Gasteiger partial charge in [-0.1, -0.05) is 47.7 Å². The van der Waals surface area contributed by atoms with Crippen molar-refractivity contribution >= 4 is 32.6 Å². The number of hydrogen-bond acceptors (Lipinski definition) is 5. The zero-order valence-corrected chi connectivity index (χ0v) is 18.2. The average Bonchev–Trinajstić information content (AvgIpc) is 3.21. The van der Waals surface area contributed by atoms with Gasteiger partial charge in [-0.25, -0.2) is 4.98 Å². The molecule has 1 aliphatic rings. The zero-order chi connectivity index (χ0) is 21.4. The lowest BCUT2D eigenvalue weighted by Crippen LogP contribution is -2.30. The standard InChI is InChI=1S/C25H22N2O3S/c1-16-12-17(2)23-22(13-16)31-25(26-23)27(15-18-6-4-3-5-7-18)24(28)19-8-9-20-21(14-19)30-11-10-29-20/h3-9,12-14H,10-11,15H2,1-2H3. The Morgan fingerprint density at radius 2 is 1.77 bits per heavy atom. The first-order valence-corrected chi connectivity index (χ1v) is 11.0. The van der Waals surface area contributed by atoms with E-state index in [2.05, 4.69) is 26.0 Å². The van der Waals surface area contributed by atoms with Gasteiger partial charge in [0.05, 0.1) is 16.8 Å². The molecule has 0 radical (unpaired) electrons. The summed E-state index contributed by atoms with van der Waals surface area (Å²) >= 11 is 1.54. The quantitative estimate of drug-likeness (QED) is 0.427. The van der Waals surface area contributed by atoms with E-state index in [-0.39, 0.29) is 5.91 Å². The molecule has 0 unspecified atom stereocenters. The topological polar surface area (TPSA) is 51.7 Å². The highest BCUT2D eigenvalue weighted by Crippen LogP contribution is 2.35. The maximum atomic E-state index is 13.7. The van der Waals surface area contributed by atoms with E-state index in [9.17, 15) is 4.79 Å². The minimum atomic E-state index is -0.116. The first kappa shape index (κ1) is 19.6. The van der Waals surface area contributed by atoms with Crippen LogP contribution in [0.25, 0.3) is 10.2 Å². The Morgan fingerprint density at radius 3 is 2.58 bits per heavy atom. The van der Waals surface area contributed by atoms with Crippen LogP contribution in [0.3, 0.4) is 0 Å². The van der Waals surface area contributed by atoms with Crippen LogP contribution in [0.1, 0.15) is 27.0 Å². The lowest BCUT2D eigenvalue weighted by molar-refractivity contribution is 0.0984. The minimum absolute atomic E-state index is 0.116. The summed E-state index contributed by atoms with van der Waals surface area (Å²) in [6, 6.07) is 19.6. The van der Waals surface area contributed by atoms with Crippen molar-refractivity contribution < 1.29 is 14.3 Å². The monoisotopic (exact) mass is 430 g/mol. The Hall–Kier alpha value is -3.38. The summed E-state index contributed by atoms with van der Waals surface area (Å²) in [5.41, 5.74) is 4.84. The van der Waals surface area contributed by atoms with Crippen LogP contribution in [-0.2, 0) is 6.54 Å². The largest absolute Gasteiger partial charge is 0.486 e. The van der Waals surface area contributed by atoms with E-state index in [0.717, 1.165) is 21.3 Å². The molecule has 0 saturated carbocycles. The van der Waals surface area contributed by atoms with Gasteiger partial charge in [0.25, 0.3) is 5.91 Å². The maximum absolute atomic E-state index is 13.7. The fourth-order valence-corrected chi connectivity index (χ4v) is 4.94. The van der Waals surface area contributed by atoms with Gasteiger partial charge < -0.3 is 9.47 Å². The molecule has 156 valence electrons. The molecule has 0 spiro atoms. The minimum Gasteiger partial charge on any atom is -0.486 e. The summed E-state index contributed by atoms with van der Waals surface area (Å²) in [6.45, 7) is 5.57. The van der Waals surface area contributed by atoms with Crippen LogP contribution in [0.15, 0.2) is 60.7 Å². The summed E-state index contributed by atoms with van der Waals surface area (Å²) in [5.74, 6) is 1.16. The SMILES string of the molecule is Cc1cc(C)c2nc(N(Cc3ccccc3)C(=O)c3ccc4c(c3)OCCO4)sc2c1. The van der Waals surface area contributed by atoms with Gasteiger partial charge in [0.15, 0.2) is 16.6 Å². The van der Waals surface area contributed by atoms with Crippen LogP contribution in [0.2, 0.25) is 0 Å². The van der Waals surface area contributed by atoms with Crippen LogP contribution < -0.4 is 14.4 Å². The highest BCUT2D eigenvalue weighted by Gasteiger charge is 2.24. The van der Waals surface area contributed by atoms with E-state index in [4.69, 9.17) is 14.5 Å². The molecule has 0 bridgehead atoms. The summed E-state index contributed by atoms with van der Waals surface area (Å²) < 4.78 is 12.4. The van der Waals surface area contributed by atoms with E-state index in [1.807, 2.05) is 30.3 Å². The number of hydrogen-bond donors (Lipinski definition) is 0. The first-order valence-electron chi connectivity index (χ1n) is 10.2. The zero-order valence-electron chi connectivity index (χ0n) is 17.4. The average molecular weight is 431 g/mol. The summed E-state index contributed by atoms with van der Waals surface area (Å²) in [6.07, 6.45) is 0. The molecule has 4 aromatic rings. The number of aromatic nitrogens is 1. The number of thiazole rings is 1. The van der Waals surface area contributed by atoms with E-state index in [0.29, 0.717) is 42.0 Å². The molecule has 0 aliphatic carbocycles. The Balaban J connectivity index is 1.57. The van der Waals surface area contributed by atoms with Crippen molar-refractivity contribution in [2.45, 2.75) is 20.4 Å². The number of fused-ring (bicyclic) bond motifs is 2. The number of aryl methyl sites for hydroxylation is 2. The molecule has 6 heteroatoms. The highest BCUT2D eigenvalue weighted by atomic mass is 32.1. The molecule has 2 heterocycles. The lowest BCUT2D eigenvalue weighted by Gasteiger charge is -2.22. The Kier molecular flexibility index (Phi) is 5.08. The van der Waals surface area contributed by atoms with Gasteiger partial charge in [-0.3, -0.25) is 9.69 Å². The fourth-order valence-electron chi connectivity index (χ4n) is 3.80. The van der Waals surface area contributed by atoms with Crippen LogP contribution >= 0.6 is 11.3 Å². The summed E-state index contributed by atoms with van der Waals surface area (Å²) in [5, 5.41) is 0.687. The molecule has 1 aromatic heterocycles. The number of nitrogens with zero attached hydrogens (tertiary/aromatic N) is 2. The second kappa shape index (κ2) is 8.04. The predicted octanol–water partition coefficient (Wildman–Crippen LogP) is 5.53. The predicted molar refractivity (Wildman–Crippen MR) is 123 cm³/mol. The van der Waals surface area contributed by atoms with Crippen molar-refractivity contribution in [2.75, 3.05) is 18.1 Å². The number of amides is 1. The van der Waals surface area contributed by atoms with Crippen molar-refractivity contribution in [2.24, 2.45) is 0 Å². The van der Waals surface area contributed by atoms with Gasteiger partial charge in [0.2, 0.25) is 0 Å². The van der Waals surface area contributed by atoms with Crippen molar-refractivity contribution in [3.05, 3.63) is 82.9 Å². The molecule has 3 aromatic carbocycles. The van der Waals surface area contributed by atoms with E-state index in [1.54, 1.807) is 34.4 Å². The molecule has 5 nitrogen and oxygen atoms in total. The number of carbonyl (C=O) groups excluding carboxylic acids is 1. The van der Waals surface area contributed by atoms with Crippen molar-refractivity contribution in [1.82, 2.24) is 4.98 Å². The van der Waals surface area contributed by atoms with Crippen LogP contribution in [0.4, 0.5) is 5.13 Å². The third-order valence-corrected chi connectivity index (χ3v) is 6.29. The first-order chi connectivity index (χ1) is 15.1.